The predicted molar refractivity (Wildman–Crippen MR) is 107 cm³/mol. The van der Waals surface area contributed by atoms with Crippen molar-refractivity contribution in [3.63, 3.8) is 0 Å². The number of hydrogen-bond acceptors (Lipinski definition) is 3. The number of rotatable bonds is 4. The van der Waals surface area contributed by atoms with E-state index in [0.29, 0.717) is 5.92 Å². The lowest BCUT2D eigenvalue weighted by Crippen LogP contribution is -2.37. The van der Waals surface area contributed by atoms with Crippen molar-refractivity contribution in [1.29, 1.82) is 0 Å². The molecule has 1 atom stereocenters. The fourth-order valence-corrected chi connectivity index (χ4v) is 4.04. The van der Waals surface area contributed by atoms with E-state index in [1.807, 2.05) is 36.4 Å². The maximum absolute atomic E-state index is 5.97. The Morgan fingerprint density at radius 2 is 1.54 bits per heavy atom. The van der Waals surface area contributed by atoms with Gasteiger partial charge in [0.25, 0.3) is 0 Å². The number of piperidine rings is 1. The molecule has 0 amide bonds. The van der Waals surface area contributed by atoms with Crippen molar-refractivity contribution in [3.8, 4) is 0 Å². The molecule has 2 aliphatic heterocycles. The van der Waals surface area contributed by atoms with Crippen LogP contribution in [0.3, 0.4) is 0 Å². The third-order valence-electron chi connectivity index (χ3n) is 5.35. The van der Waals surface area contributed by atoms with E-state index in [0.717, 1.165) is 60.2 Å². The predicted octanol–water partition coefficient (Wildman–Crippen LogP) is 5.40. The molecule has 26 heavy (non-hydrogen) atoms. The van der Waals surface area contributed by atoms with Crippen molar-refractivity contribution in [2.45, 2.75) is 31.9 Å². The number of nitrogens with zero attached hydrogens (tertiary/aromatic N) is 2. The Morgan fingerprint density at radius 1 is 0.923 bits per heavy atom. The average molecular weight is 389 g/mol. The van der Waals surface area contributed by atoms with Crippen LogP contribution in [0, 0.1) is 5.92 Å². The van der Waals surface area contributed by atoms with Gasteiger partial charge in [-0.15, -0.1) is 0 Å². The first-order chi connectivity index (χ1) is 12.7. The van der Waals surface area contributed by atoms with Gasteiger partial charge in [0.2, 0.25) is 0 Å². The molecule has 1 fully saturated rings. The molecule has 0 saturated carbocycles. The van der Waals surface area contributed by atoms with E-state index in [-0.39, 0.29) is 6.10 Å². The highest BCUT2D eigenvalue weighted by Crippen LogP contribution is 2.30. The van der Waals surface area contributed by atoms with E-state index in [1.54, 1.807) is 0 Å². The Balaban J connectivity index is 1.28. The van der Waals surface area contributed by atoms with Crippen LogP contribution in [-0.4, -0.2) is 29.8 Å². The molecule has 136 valence electrons. The van der Waals surface area contributed by atoms with Gasteiger partial charge in [-0.1, -0.05) is 52.6 Å². The first-order valence-electron chi connectivity index (χ1n) is 9.13. The summed E-state index contributed by atoms with van der Waals surface area (Å²) in [6, 6.07) is 16.0. The minimum Gasteiger partial charge on any atom is -0.392 e. The van der Waals surface area contributed by atoms with Gasteiger partial charge in [-0.2, -0.15) is 0 Å². The summed E-state index contributed by atoms with van der Waals surface area (Å²) >= 11 is 11.9. The second kappa shape index (κ2) is 7.99. The van der Waals surface area contributed by atoms with Gasteiger partial charge >= 0.3 is 0 Å². The van der Waals surface area contributed by atoms with Crippen LogP contribution in [0.4, 0.5) is 0 Å². The number of likely N-dealkylation sites (tertiary alicyclic amines) is 1. The SMILES string of the molecule is Clc1ccc(CN2CCC(C3CC(c4ccc(Cl)cc4)=NO3)CC2)cc1. The monoisotopic (exact) mass is 388 g/mol. The summed E-state index contributed by atoms with van der Waals surface area (Å²) in [4.78, 5) is 8.29. The highest BCUT2D eigenvalue weighted by molar-refractivity contribution is 6.30. The Kier molecular flexibility index (Phi) is 5.49. The fraction of sp³-hybridized carbons (Fsp3) is 0.381. The summed E-state index contributed by atoms with van der Waals surface area (Å²) in [5.74, 6) is 0.574. The minimum atomic E-state index is 0.207. The second-order valence-electron chi connectivity index (χ2n) is 7.13. The molecule has 4 rings (SSSR count). The minimum absolute atomic E-state index is 0.207. The Morgan fingerprint density at radius 3 is 2.19 bits per heavy atom. The third kappa shape index (κ3) is 4.22. The molecule has 2 aliphatic rings. The summed E-state index contributed by atoms with van der Waals surface area (Å²) in [6.07, 6.45) is 3.41. The molecule has 2 heterocycles. The topological polar surface area (TPSA) is 24.8 Å². The zero-order valence-corrected chi connectivity index (χ0v) is 16.1. The van der Waals surface area contributed by atoms with Crippen LogP contribution in [0.5, 0.6) is 0 Å². The van der Waals surface area contributed by atoms with Crippen LogP contribution >= 0.6 is 23.2 Å². The summed E-state index contributed by atoms with van der Waals surface area (Å²) < 4.78 is 0. The van der Waals surface area contributed by atoms with Gasteiger partial charge in [0.15, 0.2) is 0 Å². The average Bonchev–Trinajstić information content (AvgIpc) is 3.15. The van der Waals surface area contributed by atoms with E-state index in [1.165, 1.54) is 5.56 Å². The van der Waals surface area contributed by atoms with Gasteiger partial charge in [-0.05, 0) is 61.3 Å². The van der Waals surface area contributed by atoms with Gasteiger partial charge in [0.1, 0.15) is 6.10 Å². The molecule has 0 aliphatic carbocycles. The Labute approximate surface area is 164 Å². The quantitative estimate of drug-likeness (QED) is 0.700. The van der Waals surface area contributed by atoms with Crippen molar-refractivity contribution < 1.29 is 4.84 Å². The largest absolute Gasteiger partial charge is 0.392 e. The first kappa shape index (κ1) is 17.8. The highest BCUT2D eigenvalue weighted by atomic mass is 35.5. The third-order valence-corrected chi connectivity index (χ3v) is 5.85. The molecule has 0 aromatic heterocycles. The normalized spacial score (nSPS) is 21.5. The van der Waals surface area contributed by atoms with E-state index < -0.39 is 0 Å². The number of hydrogen-bond donors (Lipinski definition) is 0. The lowest BCUT2D eigenvalue weighted by molar-refractivity contribution is 0.0127. The van der Waals surface area contributed by atoms with Crippen LogP contribution in [0.1, 0.15) is 30.4 Å². The molecule has 2 aromatic rings. The van der Waals surface area contributed by atoms with Gasteiger partial charge < -0.3 is 4.84 Å². The molecule has 0 N–H and O–H groups in total. The van der Waals surface area contributed by atoms with Crippen LogP contribution in [0.15, 0.2) is 53.7 Å². The summed E-state index contributed by atoms with van der Waals surface area (Å²) in [5.41, 5.74) is 3.46. The van der Waals surface area contributed by atoms with E-state index in [4.69, 9.17) is 28.0 Å². The molecule has 1 saturated heterocycles. The van der Waals surface area contributed by atoms with Crippen molar-refractivity contribution >= 4 is 28.9 Å². The molecule has 5 heteroatoms. The van der Waals surface area contributed by atoms with Gasteiger partial charge in [0.05, 0.1) is 5.71 Å². The number of oxime groups is 1. The first-order valence-corrected chi connectivity index (χ1v) is 9.88. The van der Waals surface area contributed by atoms with Gasteiger partial charge in [-0.25, -0.2) is 0 Å². The molecule has 2 aromatic carbocycles. The molecule has 0 radical (unpaired) electrons. The Hall–Kier alpha value is -1.55. The number of benzene rings is 2. The van der Waals surface area contributed by atoms with Gasteiger partial charge in [0, 0.05) is 28.9 Å². The molecule has 3 nitrogen and oxygen atoms in total. The summed E-state index contributed by atoms with van der Waals surface area (Å²) in [7, 11) is 0. The summed E-state index contributed by atoms with van der Waals surface area (Å²) in [6.45, 7) is 3.19. The second-order valence-corrected chi connectivity index (χ2v) is 8.01. The van der Waals surface area contributed by atoms with E-state index in [2.05, 4.69) is 22.2 Å². The molecular formula is C21H22Cl2N2O. The van der Waals surface area contributed by atoms with Crippen molar-refractivity contribution in [2.24, 2.45) is 11.1 Å². The van der Waals surface area contributed by atoms with Crippen molar-refractivity contribution in [3.05, 3.63) is 69.7 Å². The molecule has 1 unspecified atom stereocenters. The van der Waals surface area contributed by atoms with Crippen molar-refractivity contribution in [2.75, 3.05) is 13.1 Å². The van der Waals surface area contributed by atoms with Crippen LogP contribution in [0.2, 0.25) is 10.0 Å². The smallest absolute Gasteiger partial charge is 0.136 e. The van der Waals surface area contributed by atoms with Crippen LogP contribution in [-0.2, 0) is 11.4 Å². The van der Waals surface area contributed by atoms with Crippen molar-refractivity contribution in [1.82, 2.24) is 4.90 Å². The maximum atomic E-state index is 5.97. The molecule has 0 bridgehead atoms. The Bertz CT molecular complexity index is 766. The maximum Gasteiger partial charge on any atom is 0.136 e. The van der Waals surface area contributed by atoms with E-state index >= 15 is 0 Å². The lowest BCUT2D eigenvalue weighted by atomic mass is 9.88. The lowest BCUT2D eigenvalue weighted by Gasteiger charge is -2.33. The van der Waals surface area contributed by atoms with E-state index in [9.17, 15) is 0 Å². The molecular weight excluding hydrogens is 367 g/mol. The standard InChI is InChI=1S/C21H22Cl2N2O/c22-18-5-1-15(2-6-18)14-25-11-9-17(10-12-25)21-13-20(24-26-21)16-3-7-19(23)8-4-16/h1-8,17,21H,9-14H2. The molecule has 0 spiro atoms. The van der Waals surface area contributed by atoms with Crippen LogP contribution < -0.4 is 0 Å². The summed E-state index contributed by atoms with van der Waals surface area (Å²) in [5, 5.41) is 5.88. The zero-order valence-electron chi connectivity index (χ0n) is 14.6. The fourth-order valence-electron chi connectivity index (χ4n) is 3.79. The van der Waals surface area contributed by atoms with Crippen LogP contribution in [0.25, 0.3) is 0 Å². The number of halogens is 2. The zero-order chi connectivity index (χ0) is 17.9. The highest BCUT2D eigenvalue weighted by Gasteiger charge is 2.32. The van der Waals surface area contributed by atoms with Gasteiger partial charge in [-0.3, -0.25) is 4.90 Å².